The Morgan fingerprint density at radius 2 is 1.68 bits per heavy atom. The van der Waals surface area contributed by atoms with Crippen LogP contribution in [0.2, 0.25) is 0 Å². The van der Waals surface area contributed by atoms with E-state index >= 15 is 0 Å². The largest absolute Gasteiger partial charge is 0.245 e. The molecule has 0 amide bonds. The lowest BCUT2D eigenvalue weighted by Gasteiger charge is -2.12. The highest BCUT2D eigenvalue weighted by Crippen LogP contribution is 2.27. The molecule has 28 heavy (non-hydrogen) atoms. The number of sulfone groups is 1. The van der Waals surface area contributed by atoms with E-state index in [1.807, 2.05) is 35.9 Å². The maximum Gasteiger partial charge on any atom is 0.181 e. The van der Waals surface area contributed by atoms with Gasteiger partial charge in [-0.1, -0.05) is 59.2 Å². The second-order valence-electron chi connectivity index (χ2n) is 7.89. The third-order valence-electron chi connectivity index (χ3n) is 5.21. The van der Waals surface area contributed by atoms with Crippen LogP contribution in [-0.4, -0.2) is 34.7 Å². The molecule has 2 heterocycles. The standard InChI is InChI=1S/C22H25N3O2S/c1-15-4-6-19(7-5-15)22-23-21(13-18-11-16(2)10-17(3)12-18)25(24-22)20-8-9-28(26,27)14-20/h4-7,10-12,20H,8-9,13-14H2,1-3H3. The fourth-order valence-electron chi connectivity index (χ4n) is 3.92. The topological polar surface area (TPSA) is 64.8 Å². The first-order valence-electron chi connectivity index (χ1n) is 9.59. The second kappa shape index (κ2) is 7.17. The van der Waals surface area contributed by atoms with Crippen molar-refractivity contribution in [3.63, 3.8) is 0 Å². The van der Waals surface area contributed by atoms with Gasteiger partial charge in [0.05, 0.1) is 17.5 Å². The van der Waals surface area contributed by atoms with E-state index in [0.29, 0.717) is 18.7 Å². The van der Waals surface area contributed by atoms with Crippen LogP contribution in [0.15, 0.2) is 42.5 Å². The average molecular weight is 396 g/mol. The fraction of sp³-hybridized carbons (Fsp3) is 0.364. The van der Waals surface area contributed by atoms with E-state index in [1.54, 1.807) is 0 Å². The molecule has 6 heteroatoms. The summed E-state index contributed by atoms with van der Waals surface area (Å²) in [6.45, 7) is 6.22. The summed E-state index contributed by atoms with van der Waals surface area (Å²) in [6.07, 6.45) is 1.23. The van der Waals surface area contributed by atoms with E-state index in [1.165, 1.54) is 22.3 Å². The summed E-state index contributed by atoms with van der Waals surface area (Å²) in [5, 5.41) is 4.74. The maximum atomic E-state index is 12.0. The van der Waals surface area contributed by atoms with Gasteiger partial charge < -0.3 is 0 Å². The van der Waals surface area contributed by atoms with Crippen LogP contribution in [0, 0.1) is 20.8 Å². The van der Waals surface area contributed by atoms with E-state index in [-0.39, 0.29) is 17.5 Å². The molecule has 1 aliphatic heterocycles. The van der Waals surface area contributed by atoms with Crippen molar-refractivity contribution in [2.45, 2.75) is 39.7 Å². The molecule has 0 radical (unpaired) electrons. The van der Waals surface area contributed by atoms with Crippen molar-refractivity contribution in [1.82, 2.24) is 14.8 Å². The lowest BCUT2D eigenvalue weighted by Crippen LogP contribution is -2.16. The fourth-order valence-corrected chi connectivity index (χ4v) is 5.61. The quantitative estimate of drug-likeness (QED) is 0.674. The minimum atomic E-state index is -3.00. The first-order valence-corrected chi connectivity index (χ1v) is 11.4. The van der Waals surface area contributed by atoms with Crippen LogP contribution >= 0.6 is 0 Å². The average Bonchev–Trinajstić information content (AvgIpc) is 3.17. The molecule has 1 unspecified atom stereocenters. The molecule has 0 bridgehead atoms. The van der Waals surface area contributed by atoms with Crippen molar-refractivity contribution >= 4 is 9.84 Å². The van der Waals surface area contributed by atoms with E-state index in [2.05, 4.69) is 32.0 Å². The Morgan fingerprint density at radius 3 is 2.29 bits per heavy atom. The van der Waals surface area contributed by atoms with Gasteiger partial charge in [0.1, 0.15) is 5.82 Å². The number of nitrogens with zero attached hydrogens (tertiary/aromatic N) is 3. The van der Waals surface area contributed by atoms with Crippen molar-refractivity contribution in [2.75, 3.05) is 11.5 Å². The van der Waals surface area contributed by atoms with Gasteiger partial charge in [-0.25, -0.2) is 18.1 Å². The lowest BCUT2D eigenvalue weighted by molar-refractivity contribution is 0.481. The second-order valence-corrected chi connectivity index (χ2v) is 10.1. The van der Waals surface area contributed by atoms with Crippen molar-refractivity contribution in [3.05, 3.63) is 70.5 Å². The Labute approximate surface area is 166 Å². The summed E-state index contributed by atoms with van der Waals surface area (Å²) in [7, 11) is -3.00. The zero-order valence-electron chi connectivity index (χ0n) is 16.5. The van der Waals surface area contributed by atoms with Crippen molar-refractivity contribution in [1.29, 1.82) is 0 Å². The van der Waals surface area contributed by atoms with Gasteiger partial charge in [0.15, 0.2) is 15.7 Å². The lowest BCUT2D eigenvalue weighted by atomic mass is 10.0. The van der Waals surface area contributed by atoms with Crippen molar-refractivity contribution in [3.8, 4) is 11.4 Å². The van der Waals surface area contributed by atoms with Crippen molar-refractivity contribution in [2.24, 2.45) is 0 Å². The highest BCUT2D eigenvalue weighted by Gasteiger charge is 2.32. The zero-order valence-corrected chi connectivity index (χ0v) is 17.3. The Hall–Kier alpha value is -2.47. The molecule has 3 aromatic rings. The first kappa shape index (κ1) is 18.9. The van der Waals surface area contributed by atoms with E-state index in [0.717, 1.165) is 11.4 Å². The summed E-state index contributed by atoms with van der Waals surface area (Å²) < 4.78 is 25.9. The molecule has 1 aliphatic rings. The molecule has 1 saturated heterocycles. The predicted molar refractivity (Wildman–Crippen MR) is 111 cm³/mol. The molecule has 1 aromatic heterocycles. The molecule has 4 rings (SSSR count). The monoisotopic (exact) mass is 395 g/mol. The van der Waals surface area contributed by atoms with Gasteiger partial charge in [-0.15, -0.1) is 0 Å². The highest BCUT2D eigenvalue weighted by molar-refractivity contribution is 7.91. The molecule has 1 fully saturated rings. The molecule has 0 spiro atoms. The SMILES string of the molecule is Cc1ccc(-c2nc(Cc3cc(C)cc(C)c3)n(C3CCS(=O)(=O)C3)n2)cc1. The molecule has 1 atom stereocenters. The number of hydrogen-bond donors (Lipinski definition) is 0. The van der Waals surface area contributed by atoms with Crippen LogP contribution in [0.1, 0.15) is 40.5 Å². The van der Waals surface area contributed by atoms with Crippen LogP contribution in [-0.2, 0) is 16.3 Å². The Balaban J connectivity index is 1.75. The van der Waals surface area contributed by atoms with Crippen LogP contribution in [0.25, 0.3) is 11.4 Å². The van der Waals surface area contributed by atoms with Crippen LogP contribution in [0.5, 0.6) is 0 Å². The Kier molecular flexibility index (Phi) is 4.83. The van der Waals surface area contributed by atoms with Crippen LogP contribution < -0.4 is 0 Å². The van der Waals surface area contributed by atoms with Gasteiger partial charge in [-0.3, -0.25) is 0 Å². The highest BCUT2D eigenvalue weighted by atomic mass is 32.2. The summed E-state index contributed by atoms with van der Waals surface area (Å²) >= 11 is 0. The van der Waals surface area contributed by atoms with Gasteiger partial charge >= 0.3 is 0 Å². The molecule has 0 saturated carbocycles. The zero-order chi connectivity index (χ0) is 19.9. The summed E-state index contributed by atoms with van der Waals surface area (Å²) in [5.41, 5.74) is 5.72. The van der Waals surface area contributed by atoms with Gasteiger partial charge in [0.25, 0.3) is 0 Å². The third-order valence-corrected chi connectivity index (χ3v) is 6.96. The summed E-state index contributed by atoms with van der Waals surface area (Å²) in [5.74, 6) is 1.84. The van der Waals surface area contributed by atoms with Crippen LogP contribution in [0.3, 0.4) is 0 Å². The molecule has 2 aromatic carbocycles. The number of rotatable bonds is 4. The van der Waals surface area contributed by atoms with Crippen LogP contribution in [0.4, 0.5) is 0 Å². The molecule has 5 nitrogen and oxygen atoms in total. The smallest absolute Gasteiger partial charge is 0.181 e. The maximum absolute atomic E-state index is 12.0. The van der Waals surface area contributed by atoms with Crippen molar-refractivity contribution < 1.29 is 8.42 Å². The number of benzene rings is 2. The Bertz CT molecular complexity index is 1090. The molecular formula is C22H25N3O2S. The van der Waals surface area contributed by atoms with E-state index in [4.69, 9.17) is 10.1 Å². The Morgan fingerprint density at radius 1 is 1.00 bits per heavy atom. The van der Waals surface area contributed by atoms with E-state index in [9.17, 15) is 8.42 Å². The molecule has 146 valence electrons. The number of aryl methyl sites for hydroxylation is 3. The summed E-state index contributed by atoms with van der Waals surface area (Å²) in [6, 6.07) is 14.4. The minimum absolute atomic E-state index is 0.141. The first-order chi connectivity index (χ1) is 13.3. The minimum Gasteiger partial charge on any atom is -0.245 e. The predicted octanol–water partition coefficient (Wildman–Crippen LogP) is 3.82. The number of aromatic nitrogens is 3. The normalized spacial score (nSPS) is 18.5. The van der Waals surface area contributed by atoms with E-state index < -0.39 is 9.84 Å². The van der Waals surface area contributed by atoms with Gasteiger partial charge in [-0.2, -0.15) is 5.10 Å². The van der Waals surface area contributed by atoms with Gasteiger partial charge in [0, 0.05) is 12.0 Å². The van der Waals surface area contributed by atoms with Gasteiger partial charge in [0.2, 0.25) is 0 Å². The molecule has 0 N–H and O–H groups in total. The molecule has 0 aliphatic carbocycles. The van der Waals surface area contributed by atoms with Gasteiger partial charge in [-0.05, 0) is 32.8 Å². The third kappa shape index (κ3) is 4.02. The number of hydrogen-bond acceptors (Lipinski definition) is 4. The molecular weight excluding hydrogens is 370 g/mol. The summed E-state index contributed by atoms with van der Waals surface area (Å²) in [4.78, 5) is 4.81.